The number of benzene rings is 3. The molecule has 1 atom stereocenters. The Bertz CT molecular complexity index is 1110. The molecule has 0 saturated heterocycles. The van der Waals surface area contributed by atoms with E-state index in [1.165, 1.54) is 0 Å². The van der Waals surface area contributed by atoms with E-state index in [0.29, 0.717) is 27.8 Å². The molecule has 8 nitrogen and oxygen atoms in total. The third kappa shape index (κ3) is 7.55. The van der Waals surface area contributed by atoms with Crippen LogP contribution in [0, 0.1) is 0 Å². The minimum atomic E-state index is -0.796. The van der Waals surface area contributed by atoms with E-state index >= 15 is 0 Å². The van der Waals surface area contributed by atoms with Gasteiger partial charge in [0, 0.05) is 5.02 Å². The van der Waals surface area contributed by atoms with Crippen LogP contribution in [0.1, 0.15) is 18.0 Å². The fourth-order valence-electron chi connectivity index (χ4n) is 2.95. The van der Waals surface area contributed by atoms with Gasteiger partial charge in [0.05, 0.1) is 18.2 Å². The largest absolute Gasteiger partial charge is 0.455 e. The predicted molar refractivity (Wildman–Crippen MR) is 124 cm³/mol. The van der Waals surface area contributed by atoms with Crippen molar-refractivity contribution in [1.82, 2.24) is 5.32 Å². The molecule has 0 aliphatic rings. The van der Waals surface area contributed by atoms with Gasteiger partial charge in [-0.1, -0.05) is 54.1 Å². The third-order valence-corrected chi connectivity index (χ3v) is 4.71. The first-order valence-electron chi connectivity index (χ1n) is 9.99. The number of hydrogen-bond donors (Lipinski definition) is 3. The summed E-state index contributed by atoms with van der Waals surface area (Å²) in [6.07, 6.45) is -0.217. The Labute approximate surface area is 195 Å². The number of ether oxygens (including phenoxy) is 2. The van der Waals surface area contributed by atoms with Gasteiger partial charge < -0.3 is 25.8 Å². The molecule has 3 aromatic rings. The number of rotatable bonds is 9. The lowest BCUT2D eigenvalue weighted by atomic mass is 10.0. The van der Waals surface area contributed by atoms with Gasteiger partial charge in [0.2, 0.25) is 0 Å². The Balaban J connectivity index is 1.56. The van der Waals surface area contributed by atoms with Gasteiger partial charge in [-0.15, -0.1) is 0 Å². The number of amides is 3. The van der Waals surface area contributed by atoms with Gasteiger partial charge in [0.15, 0.2) is 12.4 Å². The van der Waals surface area contributed by atoms with Crippen molar-refractivity contribution in [2.24, 2.45) is 5.73 Å². The molecular formula is C24H22ClN3O5. The summed E-state index contributed by atoms with van der Waals surface area (Å²) in [5, 5.41) is 5.65. The monoisotopic (exact) mass is 467 g/mol. The van der Waals surface area contributed by atoms with Crippen LogP contribution >= 0.6 is 11.6 Å². The Kier molecular flexibility index (Phi) is 8.26. The number of carbonyl (C=O) groups excluding carboxylic acids is 3. The number of hydrogen-bond acceptors (Lipinski definition) is 5. The van der Waals surface area contributed by atoms with Crippen LogP contribution in [0.15, 0.2) is 78.9 Å². The Morgan fingerprint density at radius 2 is 1.58 bits per heavy atom. The number of nitrogens with one attached hydrogen (secondary N) is 2. The predicted octanol–water partition coefficient (Wildman–Crippen LogP) is 4.41. The van der Waals surface area contributed by atoms with Crippen LogP contribution in [0.25, 0.3) is 0 Å². The van der Waals surface area contributed by atoms with Crippen molar-refractivity contribution in [3.05, 3.63) is 89.4 Å². The maximum Gasteiger partial charge on any atom is 0.312 e. The number of carbonyl (C=O) groups is 3. The van der Waals surface area contributed by atoms with E-state index in [1.54, 1.807) is 60.7 Å². The van der Waals surface area contributed by atoms with Gasteiger partial charge >= 0.3 is 12.0 Å². The maximum atomic E-state index is 12.3. The maximum absolute atomic E-state index is 12.3. The summed E-state index contributed by atoms with van der Waals surface area (Å²) >= 11 is 5.88. The molecule has 0 spiro atoms. The number of halogens is 1. The normalized spacial score (nSPS) is 11.2. The molecule has 4 N–H and O–H groups in total. The summed E-state index contributed by atoms with van der Waals surface area (Å²) in [6, 6.07) is 21.1. The van der Waals surface area contributed by atoms with Crippen LogP contribution in [0.4, 0.5) is 10.5 Å². The zero-order valence-corrected chi connectivity index (χ0v) is 18.2. The topological polar surface area (TPSA) is 120 Å². The smallest absolute Gasteiger partial charge is 0.312 e. The average Bonchev–Trinajstić information content (AvgIpc) is 2.79. The lowest BCUT2D eigenvalue weighted by molar-refractivity contribution is -0.147. The number of nitrogens with two attached hydrogens (primary N) is 1. The molecule has 3 amide bonds. The molecule has 0 saturated carbocycles. The van der Waals surface area contributed by atoms with Crippen LogP contribution in [-0.4, -0.2) is 24.5 Å². The van der Waals surface area contributed by atoms with Gasteiger partial charge in [-0.25, -0.2) is 4.79 Å². The van der Waals surface area contributed by atoms with Crippen LogP contribution in [0.2, 0.25) is 5.02 Å². The SMILES string of the molecule is NC(=O)NC(CC(=O)OCC(=O)Nc1ccccc1Oc1ccccc1)c1ccc(Cl)cc1. The molecule has 0 aliphatic heterocycles. The van der Waals surface area contributed by atoms with E-state index in [2.05, 4.69) is 10.6 Å². The number of esters is 1. The van der Waals surface area contributed by atoms with Gasteiger partial charge in [-0.2, -0.15) is 0 Å². The molecule has 0 radical (unpaired) electrons. The summed E-state index contributed by atoms with van der Waals surface area (Å²) in [5.74, 6) is -0.177. The molecular weight excluding hydrogens is 446 g/mol. The minimum absolute atomic E-state index is 0.217. The molecule has 170 valence electrons. The second kappa shape index (κ2) is 11.5. The summed E-state index contributed by atoms with van der Waals surface area (Å²) in [6.45, 7) is -0.511. The standard InChI is InChI=1S/C24H22ClN3O5/c25-17-12-10-16(11-13-17)20(28-24(26)31)14-23(30)32-15-22(29)27-19-8-4-5-9-21(19)33-18-6-2-1-3-7-18/h1-13,20H,14-15H2,(H,27,29)(H3,26,28,31). The van der Waals surface area contributed by atoms with E-state index in [9.17, 15) is 14.4 Å². The highest BCUT2D eigenvalue weighted by molar-refractivity contribution is 6.30. The summed E-state index contributed by atoms with van der Waals surface area (Å²) < 4.78 is 10.9. The first-order chi connectivity index (χ1) is 15.9. The quantitative estimate of drug-likeness (QED) is 0.402. The number of urea groups is 1. The molecule has 0 fully saturated rings. The zero-order chi connectivity index (χ0) is 23.6. The van der Waals surface area contributed by atoms with Gasteiger partial charge in [0.1, 0.15) is 5.75 Å². The molecule has 33 heavy (non-hydrogen) atoms. The lowest BCUT2D eigenvalue weighted by Gasteiger charge is -2.17. The molecule has 9 heteroatoms. The van der Waals surface area contributed by atoms with Crippen molar-refractivity contribution in [1.29, 1.82) is 0 Å². The van der Waals surface area contributed by atoms with E-state index in [4.69, 9.17) is 26.8 Å². The van der Waals surface area contributed by atoms with E-state index in [1.807, 2.05) is 18.2 Å². The first kappa shape index (κ1) is 23.6. The highest BCUT2D eigenvalue weighted by atomic mass is 35.5. The van der Waals surface area contributed by atoms with Crippen molar-refractivity contribution in [2.75, 3.05) is 11.9 Å². The second-order valence-electron chi connectivity index (χ2n) is 6.94. The molecule has 0 heterocycles. The van der Waals surface area contributed by atoms with Gasteiger partial charge in [-0.05, 0) is 42.0 Å². The number of anilines is 1. The van der Waals surface area contributed by atoms with Crippen LogP contribution < -0.4 is 21.1 Å². The first-order valence-corrected chi connectivity index (χ1v) is 10.4. The molecule has 0 aliphatic carbocycles. The van der Waals surface area contributed by atoms with Crippen LogP contribution in [0.3, 0.4) is 0 Å². The summed E-state index contributed by atoms with van der Waals surface area (Å²) in [7, 11) is 0. The minimum Gasteiger partial charge on any atom is -0.455 e. The van der Waals surface area contributed by atoms with Crippen molar-refractivity contribution >= 4 is 35.2 Å². The van der Waals surface area contributed by atoms with Crippen LogP contribution in [-0.2, 0) is 14.3 Å². The van der Waals surface area contributed by atoms with E-state index in [0.717, 1.165) is 0 Å². The third-order valence-electron chi connectivity index (χ3n) is 4.46. The van der Waals surface area contributed by atoms with Crippen molar-refractivity contribution in [2.45, 2.75) is 12.5 Å². The fourth-order valence-corrected chi connectivity index (χ4v) is 3.08. The molecule has 3 aromatic carbocycles. The Morgan fingerprint density at radius 1 is 0.909 bits per heavy atom. The van der Waals surface area contributed by atoms with Gasteiger partial charge in [0.25, 0.3) is 5.91 Å². The second-order valence-corrected chi connectivity index (χ2v) is 7.37. The van der Waals surface area contributed by atoms with Crippen molar-refractivity contribution in [3.63, 3.8) is 0 Å². The molecule has 0 aromatic heterocycles. The Morgan fingerprint density at radius 3 is 2.27 bits per heavy atom. The van der Waals surface area contributed by atoms with Crippen LogP contribution in [0.5, 0.6) is 11.5 Å². The van der Waals surface area contributed by atoms with Gasteiger partial charge in [-0.3, -0.25) is 9.59 Å². The zero-order valence-electron chi connectivity index (χ0n) is 17.5. The van der Waals surface area contributed by atoms with Crippen molar-refractivity contribution < 1.29 is 23.9 Å². The van der Waals surface area contributed by atoms with E-state index in [-0.39, 0.29) is 6.42 Å². The average molecular weight is 468 g/mol. The number of primary amides is 1. The summed E-state index contributed by atoms with van der Waals surface area (Å²) in [4.78, 5) is 36.0. The molecule has 0 bridgehead atoms. The fraction of sp³-hybridized carbons (Fsp3) is 0.125. The lowest BCUT2D eigenvalue weighted by Crippen LogP contribution is -2.35. The molecule has 1 unspecified atom stereocenters. The number of para-hydroxylation sites is 3. The highest BCUT2D eigenvalue weighted by Gasteiger charge is 2.19. The highest BCUT2D eigenvalue weighted by Crippen LogP contribution is 2.29. The Hall–Kier alpha value is -4.04. The summed E-state index contributed by atoms with van der Waals surface area (Å²) in [5.41, 5.74) is 6.25. The van der Waals surface area contributed by atoms with Crippen molar-refractivity contribution in [3.8, 4) is 11.5 Å². The van der Waals surface area contributed by atoms with E-state index < -0.39 is 30.6 Å². The molecule has 3 rings (SSSR count).